The van der Waals surface area contributed by atoms with Gasteiger partial charge in [-0.25, -0.2) is 0 Å². The molecule has 14 heavy (non-hydrogen) atoms. The summed E-state index contributed by atoms with van der Waals surface area (Å²) in [5.41, 5.74) is 2.46. The third kappa shape index (κ3) is 1.99. The Morgan fingerprint density at radius 2 is 1.93 bits per heavy atom. The van der Waals surface area contributed by atoms with E-state index in [1.165, 1.54) is 11.1 Å². The van der Waals surface area contributed by atoms with Crippen LogP contribution in [0.2, 0.25) is 0 Å². The highest BCUT2D eigenvalue weighted by Gasteiger charge is 1.99. The Morgan fingerprint density at radius 3 is 2.71 bits per heavy atom. The Labute approximate surface area is 84.5 Å². The maximum atomic E-state index is 4.01. The number of pyridine rings is 1. The fraction of sp³-hybridized carbons (Fsp3) is 0.154. The van der Waals surface area contributed by atoms with E-state index in [2.05, 4.69) is 42.3 Å². The highest BCUT2D eigenvalue weighted by atomic mass is 14.6. The van der Waals surface area contributed by atoms with Crippen LogP contribution in [0.25, 0.3) is 5.57 Å². The van der Waals surface area contributed by atoms with Gasteiger partial charge < -0.3 is 0 Å². The van der Waals surface area contributed by atoms with E-state index in [-0.39, 0.29) is 0 Å². The second-order valence-electron chi connectivity index (χ2n) is 3.46. The first-order valence-corrected chi connectivity index (χ1v) is 4.83. The molecule has 1 atom stereocenters. The van der Waals surface area contributed by atoms with E-state index in [1.54, 1.807) is 0 Å². The highest BCUT2D eigenvalue weighted by Crippen LogP contribution is 2.18. The van der Waals surface area contributed by atoms with Crippen molar-refractivity contribution in [2.75, 3.05) is 0 Å². The summed E-state index contributed by atoms with van der Waals surface area (Å²) in [6.07, 6.45) is 14.4. The van der Waals surface area contributed by atoms with Crippen molar-refractivity contribution in [2.24, 2.45) is 5.92 Å². The fourth-order valence-electron chi connectivity index (χ4n) is 1.45. The van der Waals surface area contributed by atoms with Gasteiger partial charge in [-0.2, -0.15) is 0 Å². The highest BCUT2D eigenvalue weighted by molar-refractivity contribution is 5.75. The fourth-order valence-corrected chi connectivity index (χ4v) is 1.45. The summed E-state index contributed by atoms with van der Waals surface area (Å²) in [6, 6.07) is 4.06. The Kier molecular flexibility index (Phi) is 2.59. The molecule has 0 aromatic carbocycles. The predicted octanol–water partition coefficient (Wildman–Crippen LogP) is 3.23. The molecule has 0 radical (unpaired) electrons. The smallest absolute Gasteiger partial charge is 0.0273 e. The number of aromatic nitrogens is 1. The average Bonchev–Trinajstić information content (AvgIpc) is 2.44. The number of nitrogens with zero attached hydrogens (tertiary/aromatic N) is 1. The lowest BCUT2D eigenvalue weighted by atomic mass is 10.1. The molecule has 0 saturated heterocycles. The molecule has 0 unspecified atom stereocenters. The molecule has 1 heterocycles. The average molecular weight is 183 g/mol. The Bertz CT molecular complexity index is 385. The minimum atomic E-state index is 0.519. The quantitative estimate of drug-likeness (QED) is 0.651. The van der Waals surface area contributed by atoms with Gasteiger partial charge >= 0.3 is 0 Å². The van der Waals surface area contributed by atoms with Crippen molar-refractivity contribution in [3.8, 4) is 0 Å². The predicted molar refractivity (Wildman–Crippen MR) is 59.7 cm³/mol. The van der Waals surface area contributed by atoms with Crippen LogP contribution in [-0.2, 0) is 0 Å². The molecule has 0 N–H and O–H groups in total. The number of allylic oxidation sites excluding steroid dienone is 6. The maximum Gasteiger partial charge on any atom is 0.0273 e. The number of hydrogen-bond acceptors (Lipinski definition) is 1. The molecule has 1 heteroatoms. The van der Waals surface area contributed by atoms with Crippen molar-refractivity contribution in [2.45, 2.75) is 6.92 Å². The van der Waals surface area contributed by atoms with Crippen LogP contribution in [0.5, 0.6) is 0 Å². The molecule has 0 bridgehead atoms. The van der Waals surface area contributed by atoms with E-state index in [4.69, 9.17) is 0 Å². The zero-order valence-electron chi connectivity index (χ0n) is 8.22. The van der Waals surface area contributed by atoms with E-state index in [1.807, 2.05) is 24.5 Å². The molecule has 2 rings (SSSR count). The van der Waals surface area contributed by atoms with Crippen LogP contribution >= 0.6 is 0 Å². The molecular weight excluding hydrogens is 170 g/mol. The van der Waals surface area contributed by atoms with Crippen molar-refractivity contribution in [3.63, 3.8) is 0 Å². The van der Waals surface area contributed by atoms with Gasteiger partial charge in [0, 0.05) is 12.4 Å². The lowest BCUT2D eigenvalue weighted by molar-refractivity contribution is 0.943. The molecule has 1 nitrogen and oxygen atoms in total. The summed E-state index contributed by atoms with van der Waals surface area (Å²) in [4.78, 5) is 4.01. The van der Waals surface area contributed by atoms with Crippen LogP contribution in [0, 0.1) is 5.92 Å². The first kappa shape index (κ1) is 8.95. The van der Waals surface area contributed by atoms with E-state index in [9.17, 15) is 0 Å². The van der Waals surface area contributed by atoms with E-state index in [0.29, 0.717) is 5.92 Å². The zero-order valence-corrected chi connectivity index (χ0v) is 8.22. The molecule has 0 spiro atoms. The summed E-state index contributed by atoms with van der Waals surface area (Å²) >= 11 is 0. The van der Waals surface area contributed by atoms with Crippen LogP contribution in [0.1, 0.15) is 12.5 Å². The normalized spacial score (nSPS) is 20.4. The lowest BCUT2D eigenvalue weighted by Crippen LogP contribution is -1.81. The second-order valence-corrected chi connectivity index (χ2v) is 3.46. The van der Waals surface area contributed by atoms with Gasteiger partial charge in [0.1, 0.15) is 0 Å². The van der Waals surface area contributed by atoms with Crippen molar-refractivity contribution in [1.82, 2.24) is 4.98 Å². The summed E-state index contributed by atoms with van der Waals surface area (Å²) < 4.78 is 0. The minimum absolute atomic E-state index is 0.519. The Balaban J connectivity index is 2.33. The van der Waals surface area contributed by atoms with Gasteiger partial charge in [-0.3, -0.25) is 4.98 Å². The number of rotatable bonds is 1. The van der Waals surface area contributed by atoms with Crippen molar-refractivity contribution in [1.29, 1.82) is 0 Å². The second kappa shape index (κ2) is 4.05. The van der Waals surface area contributed by atoms with E-state index < -0.39 is 0 Å². The molecule has 70 valence electrons. The first-order chi connectivity index (χ1) is 6.86. The first-order valence-electron chi connectivity index (χ1n) is 4.83. The van der Waals surface area contributed by atoms with E-state index in [0.717, 1.165) is 0 Å². The topological polar surface area (TPSA) is 12.9 Å². The molecule has 0 amide bonds. The van der Waals surface area contributed by atoms with Gasteiger partial charge in [0.15, 0.2) is 0 Å². The van der Waals surface area contributed by atoms with Crippen LogP contribution in [0.3, 0.4) is 0 Å². The SMILES string of the molecule is C[C@H]1C=CC=C(c2ccncc2)C=C1. The molecule has 1 aliphatic rings. The lowest BCUT2D eigenvalue weighted by Gasteiger charge is -1.99. The summed E-state index contributed by atoms with van der Waals surface area (Å²) in [7, 11) is 0. The van der Waals surface area contributed by atoms with Crippen molar-refractivity contribution in [3.05, 3.63) is 60.5 Å². The third-order valence-corrected chi connectivity index (χ3v) is 2.28. The largest absolute Gasteiger partial charge is 0.265 e. The summed E-state index contributed by atoms with van der Waals surface area (Å²) in [5, 5.41) is 0. The molecule has 1 aromatic heterocycles. The van der Waals surface area contributed by atoms with Gasteiger partial charge in [0.25, 0.3) is 0 Å². The standard InChI is InChI=1S/C13H13N/c1-11-3-2-4-12(6-5-11)13-7-9-14-10-8-13/h2-11H,1H3/t11-/m0/s1. The minimum Gasteiger partial charge on any atom is -0.265 e. The Morgan fingerprint density at radius 1 is 1.14 bits per heavy atom. The van der Waals surface area contributed by atoms with Crippen LogP contribution in [0.4, 0.5) is 0 Å². The van der Waals surface area contributed by atoms with Gasteiger partial charge in [0.2, 0.25) is 0 Å². The van der Waals surface area contributed by atoms with Crippen LogP contribution in [-0.4, -0.2) is 4.98 Å². The summed E-state index contributed by atoms with van der Waals surface area (Å²) in [6.45, 7) is 2.18. The Hall–Kier alpha value is -1.63. The number of hydrogen-bond donors (Lipinski definition) is 0. The molecule has 0 saturated carbocycles. The van der Waals surface area contributed by atoms with Crippen LogP contribution in [0.15, 0.2) is 54.9 Å². The van der Waals surface area contributed by atoms with E-state index >= 15 is 0 Å². The van der Waals surface area contributed by atoms with Crippen LogP contribution < -0.4 is 0 Å². The summed E-state index contributed by atoms with van der Waals surface area (Å²) in [5.74, 6) is 0.519. The van der Waals surface area contributed by atoms with Gasteiger partial charge in [0.05, 0.1) is 0 Å². The monoisotopic (exact) mass is 183 g/mol. The van der Waals surface area contributed by atoms with Gasteiger partial charge in [-0.15, -0.1) is 0 Å². The molecule has 0 fully saturated rings. The van der Waals surface area contributed by atoms with Gasteiger partial charge in [-0.1, -0.05) is 37.3 Å². The maximum absolute atomic E-state index is 4.01. The molecule has 1 aliphatic carbocycles. The van der Waals surface area contributed by atoms with Crippen molar-refractivity contribution < 1.29 is 0 Å². The molecule has 1 aromatic rings. The van der Waals surface area contributed by atoms with Crippen molar-refractivity contribution >= 4 is 5.57 Å². The third-order valence-electron chi connectivity index (χ3n) is 2.28. The molecular formula is C13H13N. The molecule has 0 aliphatic heterocycles. The zero-order chi connectivity index (χ0) is 9.80. The van der Waals surface area contributed by atoms with Gasteiger partial charge in [-0.05, 0) is 29.2 Å².